The number of carbonyl (C=O) groups excluding carboxylic acids is 1. The number of amides is 1. The number of anilines is 1. The zero-order chi connectivity index (χ0) is 20.5. The fourth-order valence-electron chi connectivity index (χ4n) is 3.50. The average Bonchev–Trinajstić information content (AvgIpc) is 3.44. The van der Waals surface area contributed by atoms with Gasteiger partial charge in [-0.15, -0.1) is 0 Å². The number of carbonyl (C=O) groups is 1. The number of hydrogen-bond acceptors (Lipinski definition) is 6. The molecule has 1 saturated heterocycles. The Morgan fingerprint density at radius 2 is 1.79 bits per heavy atom. The van der Waals surface area contributed by atoms with Crippen molar-refractivity contribution in [3.63, 3.8) is 0 Å². The number of ether oxygens (including phenoxy) is 1. The van der Waals surface area contributed by atoms with Crippen molar-refractivity contribution in [1.29, 1.82) is 10.5 Å². The van der Waals surface area contributed by atoms with Crippen LogP contribution in [-0.2, 0) is 4.74 Å². The molecular formula is C20H24ClN5O2. The van der Waals surface area contributed by atoms with Crippen molar-refractivity contribution in [2.24, 2.45) is 0 Å². The van der Waals surface area contributed by atoms with Crippen LogP contribution in [0.1, 0.15) is 69.1 Å². The van der Waals surface area contributed by atoms with E-state index in [4.69, 9.17) is 16.3 Å². The predicted molar refractivity (Wildman–Crippen MR) is 105 cm³/mol. The largest absolute Gasteiger partial charge is 0.444 e. The van der Waals surface area contributed by atoms with Crippen molar-refractivity contribution < 1.29 is 9.53 Å². The minimum absolute atomic E-state index is 0.00777. The number of halogens is 1. The van der Waals surface area contributed by atoms with Crippen molar-refractivity contribution in [1.82, 2.24) is 10.3 Å². The molecule has 2 aliphatic rings. The molecule has 1 N–H and O–H groups in total. The van der Waals surface area contributed by atoms with Gasteiger partial charge in [0, 0.05) is 19.1 Å². The Bertz CT molecular complexity index is 853. The van der Waals surface area contributed by atoms with Crippen LogP contribution >= 0.6 is 11.6 Å². The van der Waals surface area contributed by atoms with Crippen molar-refractivity contribution >= 4 is 23.5 Å². The molecule has 1 amide bonds. The number of hydrogen-bond donors (Lipinski definition) is 1. The predicted octanol–water partition coefficient (Wildman–Crippen LogP) is 3.85. The van der Waals surface area contributed by atoms with E-state index in [1.807, 2.05) is 25.7 Å². The van der Waals surface area contributed by atoms with Crippen LogP contribution in [0.15, 0.2) is 0 Å². The molecule has 2 heterocycles. The van der Waals surface area contributed by atoms with E-state index in [1.54, 1.807) is 0 Å². The summed E-state index contributed by atoms with van der Waals surface area (Å²) >= 11 is 6.27. The van der Waals surface area contributed by atoms with E-state index in [0.717, 1.165) is 18.4 Å². The van der Waals surface area contributed by atoms with Crippen molar-refractivity contribution in [2.45, 2.75) is 64.0 Å². The lowest BCUT2D eigenvalue weighted by atomic mass is 9.98. The van der Waals surface area contributed by atoms with Gasteiger partial charge in [0.25, 0.3) is 0 Å². The first kappa shape index (κ1) is 20.2. The summed E-state index contributed by atoms with van der Waals surface area (Å²) in [4.78, 5) is 18.4. The molecule has 7 nitrogen and oxygen atoms in total. The highest BCUT2D eigenvalue weighted by Crippen LogP contribution is 2.46. The molecule has 0 atom stereocenters. The molecule has 0 bridgehead atoms. The summed E-state index contributed by atoms with van der Waals surface area (Å²) in [5.74, 6) is 0.763. The summed E-state index contributed by atoms with van der Waals surface area (Å²) in [6.45, 7) is 6.76. The summed E-state index contributed by atoms with van der Waals surface area (Å²) in [5.41, 5.74) is 0.997. The molecule has 1 aliphatic carbocycles. The molecule has 8 heteroatoms. The Kier molecular flexibility index (Phi) is 5.67. The van der Waals surface area contributed by atoms with Gasteiger partial charge in [-0.25, -0.2) is 9.78 Å². The molecule has 1 saturated carbocycles. The molecule has 2 fully saturated rings. The van der Waals surface area contributed by atoms with Gasteiger partial charge in [0.2, 0.25) is 0 Å². The molecule has 0 radical (unpaired) electrons. The Morgan fingerprint density at radius 3 is 2.29 bits per heavy atom. The van der Waals surface area contributed by atoms with E-state index in [9.17, 15) is 15.3 Å². The first-order valence-corrected chi connectivity index (χ1v) is 9.89. The summed E-state index contributed by atoms with van der Waals surface area (Å²) in [6, 6.07) is 4.37. The second kappa shape index (κ2) is 7.85. The van der Waals surface area contributed by atoms with E-state index in [1.165, 1.54) is 0 Å². The third kappa shape index (κ3) is 4.48. The lowest BCUT2D eigenvalue weighted by molar-refractivity contribution is 0.0497. The van der Waals surface area contributed by atoms with Crippen LogP contribution < -0.4 is 10.2 Å². The molecule has 1 aromatic heterocycles. The van der Waals surface area contributed by atoms with Gasteiger partial charge < -0.3 is 15.0 Å². The average molecular weight is 402 g/mol. The Balaban J connectivity index is 1.74. The molecule has 1 aromatic rings. The van der Waals surface area contributed by atoms with Crippen LogP contribution in [0.5, 0.6) is 0 Å². The first-order valence-electron chi connectivity index (χ1n) is 9.51. The standard InChI is InChI=1S/C20H24ClN5O2/c1-20(2,3)28-19(27)24-13-6-8-26(9-7-13)18-15(11-23)16(12-4-5-12)14(10-22)17(21)25-18/h12-13H,4-9H2,1-3H3,(H,24,27). The maximum Gasteiger partial charge on any atom is 0.407 e. The smallest absolute Gasteiger partial charge is 0.407 e. The first-order chi connectivity index (χ1) is 13.2. The van der Waals surface area contributed by atoms with Crippen LogP contribution in [0.2, 0.25) is 5.15 Å². The highest BCUT2D eigenvalue weighted by molar-refractivity contribution is 6.30. The van der Waals surface area contributed by atoms with Crippen LogP contribution in [0.3, 0.4) is 0 Å². The van der Waals surface area contributed by atoms with E-state index < -0.39 is 11.7 Å². The minimum Gasteiger partial charge on any atom is -0.444 e. The van der Waals surface area contributed by atoms with Gasteiger partial charge in [0.1, 0.15) is 28.7 Å². The van der Waals surface area contributed by atoms with Gasteiger partial charge in [-0.2, -0.15) is 10.5 Å². The second-order valence-corrected chi connectivity index (χ2v) is 8.65. The van der Waals surface area contributed by atoms with E-state index in [0.29, 0.717) is 42.9 Å². The van der Waals surface area contributed by atoms with Gasteiger partial charge in [-0.1, -0.05) is 11.6 Å². The number of nitriles is 2. The molecule has 148 valence electrons. The van der Waals surface area contributed by atoms with E-state index in [-0.39, 0.29) is 17.1 Å². The lowest BCUT2D eigenvalue weighted by Gasteiger charge is -2.34. The lowest BCUT2D eigenvalue weighted by Crippen LogP contribution is -2.46. The highest BCUT2D eigenvalue weighted by Gasteiger charge is 2.34. The van der Waals surface area contributed by atoms with Crippen molar-refractivity contribution in [2.75, 3.05) is 18.0 Å². The number of alkyl carbamates (subject to hydrolysis) is 1. The summed E-state index contributed by atoms with van der Waals surface area (Å²) < 4.78 is 5.31. The third-order valence-electron chi connectivity index (χ3n) is 4.90. The second-order valence-electron chi connectivity index (χ2n) is 8.30. The van der Waals surface area contributed by atoms with E-state index in [2.05, 4.69) is 22.4 Å². The van der Waals surface area contributed by atoms with Crippen LogP contribution in [0.4, 0.5) is 10.6 Å². The Morgan fingerprint density at radius 1 is 1.18 bits per heavy atom. The molecule has 28 heavy (non-hydrogen) atoms. The Labute approximate surface area is 170 Å². The molecule has 0 unspecified atom stereocenters. The van der Waals surface area contributed by atoms with Gasteiger partial charge in [0.15, 0.2) is 0 Å². The number of piperidine rings is 1. The third-order valence-corrected chi connectivity index (χ3v) is 5.17. The maximum absolute atomic E-state index is 12.0. The van der Waals surface area contributed by atoms with Crippen molar-refractivity contribution in [3.8, 4) is 12.1 Å². The van der Waals surface area contributed by atoms with Crippen LogP contribution in [-0.4, -0.2) is 35.8 Å². The topological polar surface area (TPSA) is 102 Å². The van der Waals surface area contributed by atoms with Gasteiger partial charge in [-0.3, -0.25) is 0 Å². The zero-order valence-electron chi connectivity index (χ0n) is 16.4. The molecule has 3 rings (SSSR count). The summed E-state index contributed by atoms with van der Waals surface area (Å²) in [7, 11) is 0. The van der Waals surface area contributed by atoms with Crippen LogP contribution in [0, 0.1) is 22.7 Å². The number of nitrogens with one attached hydrogen (secondary N) is 1. The molecular weight excluding hydrogens is 378 g/mol. The molecule has 1 aliphatic heterocycles. The summed E-state index contributed by atoms with van der Waals surface area (Å²) in [5, 5.41) is 22.3. The molecule has 0 aromatic carbocycles. The normalized spacial score (nSPS) is 17.6. The Hall–Kier alpha value is -2.51. The quantitative estimate of drug-likeness (QED) is 0.771. The maximum atomic E-state index is 12.0. The van der Waals surface area contributed by atoms with Crippen molar-refractivity contribution in [3.05, 3.63) is 21.8 Å². The number of rotatable bonds is 3. The molecule has 0 spiro atoms. The number of pyridine rings is 1. The SMILES string of the molecule is CC(C)(C)OC(=O)NC1CCN(c2nc(Cl)c(C#N)c(C3CC3)c2C#N)CC1. The summed E-state index contributed by atoms with van der Waals surface area (Å²) in [6.07, 6.45) is 2.93. The fraction of sp³-hybridized carbons (Fsp3) is 0.600. The number of aromatic nitrogens is 1. The minimum atomic E-state index is -0.533. The van der Waals surface area contributed by atoms with E-state index >= 15 is 0 Å². The van der Waals surface area contributed by atoms with Gasteiger partial charge in [-0.05, 0) is 57.9 Å². The van der Waals surface area contributed by atoms with Gasteiger partial charge >= 0.3 is 6.09 Å². The fourth-order valence-corrected chi connectivity index (χ4v) is 3.72. The van der Waals surface area contributed by atoms with Gasteiger partial charge in [0.05, 0.1) is 11.1 Å². The monoisotopic (exact) mass is 401 g/mol. The zero-order valence-corrected chi connectivity index (χ0v) is 17.1. The number of nitrogens with zero attached hydrogens (tertiary/aromatic N) is 4. The highest BCUT2D eigenvalue weighted by atomic mass is 35.5. The van der Waals surface area contributed by atoms with Crippen LogP contribution in [0.25, 0.3) is 0 Å².